The van der Waals surface area contributed by atoms with Crippen LogP contribution in [0, 0.1) is 6.92 Å². The number of aryl methyl sites for hydroxylation is 1. The van der Waals surface area contributed by atoms with E-state index in [1.807, 2.05) is 55.5 Å². The van der Waals surface area contributed by atoms with Crippen molar-refractivity contribution < 1.29 is 4.79 Å². The van der Waals surface area contributed by atoms with Crippen LogP contribution < -0.4 is 11.1 Å². The summed E-state index contributed by atoms with van der Waals surface area (Å²) in [5, 5.41) is 10.7. The molecular weight excluding hydrogens is 382 g/mol. The SMILES string of the molecule is Cc1ccc(CNC(=O)c2nnn(Cc3ccc(Br)cc3)c2N)cc1. The van der Waals surface area contributed by atoms with Crippen molar-refractivity contribution in [2.45, 2.75) is 20.0 Å². The molecule has 0 bridgehead atoms. The van der Waals surface area contributed by atoms with Crippen LogP contribution in [-0.4, -0.2) is 20.9 Å². The van der Waals surface area contributed by atoms with Crippen LogP contribution in [0.4, 0.5) is 5.82 Å². The number of rotatable bonds is 5. The zero-order valence-electron chi connectivity index (χ0n) is 13.7. The molecule has 3 N–H and O–H groups in total. The number of nitrogen functional groups attached to an aromatic ring is 1. The molecule has 0 saturated heterocycles. The van der Waals surface area contributed by atoms with Gasteiger partial charge in [0.1, 0.15) is 0 Å². The smallest absolute Gasteiger partial charge is 0.275 e. The molecule has 0 spiro atoms. The van der Waals surface area contributed by atoms with Gasteiger partial charge in [-0.2, -0.15) is 0 Å². The van der Waals surface area contributed by atoms with Crippen molar-refractivity contribution in [3.8, 4) is 0 Å². The van der Waals surface area contributed by atoms with Crippen LogP contribution in [0.3, 0.4) is 0 Å². The second kappa shape index (κ2) is 7.48. The summed E-state index contributed by atoms with van der Waals surface area (Å²) >= 11 is 3.40. The summed E-state index contributed by atoms with van der Waals surface area (Å²) in [5.74, 6) is -0.0792. The predicted octanol–water partition coefficient (Wildman–Crippen LogP) is 2.91. The van der Waals surface area contributed by atoms with Gasteiger partial charge < -0.3 is 11.1 Å². The first-order chi connectivity index (χ1) is 12.0. The number of halogens is 1. The first-order valence-electron chi connectivity index (χ1n) is 7.80. The number of carbonyl (C=O) groups is 1. The maximum absolute atomic E-state index is 12.3. The third-order valence-corrected chi connectivity index (χ3v) is 4.34. The Morgan fingerprint density at radius 3 is 2.44 bits per heavy atom. The average Bonchev–Trinajstić information content (AvgIpc) is 2.97. The molecular formula is C18H18BrN5O. The van der Waals surface area contributed by atoms with Gasteiger partial charge in [0.2, 0.25) is 0 Å². The lowest BCUT2D eigenvalue weighted by molar-refractivity contribution is 0.0946. The van der Waals surface area contributed by atoms with E-state index in [2.05, 4.69) is 31.6 Å². The highest BCUT2D eigenvalue weighted by molar-refractivity contribution is 9.10. The van der Waals surface area contributed by atoms with Gasteiger partial charge in [-0.05, 0) is 30.2 Å². The fraction of sp³-hybridized carbons (Fsp3) is 0.167. The largest absolute Gasteiger partial charge is 0.382 e. The number of hydrogen-bond donors (Lipinski definition) is 2. The Morgan fingerprint density at radius 2 is 1.76 bits per heavy atom. The molecule has 0 radical (unpaired) electrons. The number of hydrogen-bond acceptors (Lipinski definition) is 4. The van der Waals surface area contributed by atoms with Crippen molar-refractivity contribution in [3.05, 3.63) is 75.4 Å². The Morgan fingerprint density at radius 1 is 1.12 bits per heavy atom. The van der Waals surface area contributed by atoms with Crippen LogP contribution in [-0.2, 0) is 13.1 Å². The molecule has 1 aromatic heterocycles. The fourth-order valence-electron chi connectivity index (χ4n) is 2.33. The third kappa shape index (κ3) is 4.24. The molecule has 0 aliphatic carbocycles. The van der Waals surface area contributed by atoms with Gasteiger partial charge >= 0.3 is 0 Å². The Labute approximate surface area is 154 Å². The van der Waals surface area contributed by atoms with E-state index >= 15 is 0 Å². The lowest BCUT2D eigenvalue weighted by Gasteiger charge is -2.06. The van der Waals surface area contributed by atoms with Crippen molar-refractivity contribution in [2.75, 3.05) is 5.73 Å². The number of nitrogens with two attached hydrogens (primary N) is 1. The first-order valence-corrected chi connectivity index (χ1v) is 8.59. The summed E-state index contributed by atoms with van der Waals surface area (Å²) in [6, 6.07) is 15.8. The van der Waals surface area contributed by atoms with Crippen LogP contribution in [0.25, 0.3) is 0 Å². The van der Waals surface area contributed by atoms with E-state index in [9.17, 15) is 4.79 Å². The van der Waals surface area contributed by atoms with Crippen LogP contribution in [0.2, 0.25) is 0 Å². The summed E-state index contributed by atoms with van der Waals surface area (Å²) in [6.45, 7) is 2.89. The molecule has 128 valence electrons. The Hall–Kier alpha value is -2.67. The molecule has 0 aliphatic rings. The number of amides is 1. The quantitative estimate of drug-likeness (QED) is 0.690. The lowest BCUT2D eigenvalue weighted by Crippen LogP contribution is -2.24. The van der Waals surface area contributed by atoms with Crippen LogP contribution in [0.5, 0.6) is 0 Å². The number of aromatic nitrogens is 3. The molecule has 2 aromatic carbocycles. The van der Waals surface area contributed by atoms with Crippen LogP contribution >= 0.6 is 15.9 Å². The van der Waals surface area contributed by atoms with Gasteiger partial charge in [0.15, 0.2) is 11.5 Å². The third-order valence-electron chi connectivity index (χ3n) is 3.81. The lowest BCUT2D eigenvalue weighted by atomic mass is 10.1. The Balaban J connectivity index is 1.66. The molecule has 7 heteroatoms. The average molecular weight is 400 g/mol. The van der Waals surface area contributed by atoms with Gasteiger partial charge in [0.05, 0.1) is 6.54 Å². The van der Waals surface area contributed by atoms with Gasteiger partial charge in [-0.1, -0.05) is 63.1 Å². The van der Waals surface area contributed by atoms with E-state index in [0.29, 0.717) is 13.1 Å². The van der Waals surface area contributed by atoms with E-state index in [0.717, 1.165) is 15.6 Å². The van der Waals surface area contributed by atoms with Gasteiger partial charge in [-0.3, -0.25) is 4.79 Å². The van der Waals surface area contributed by atoms with Crippen LogP contribution in [0.15, 0.2) is 53.0 Å². The molecule has 0 fully saturated rings. The summed E-state index contributed by atoms with van der Waals surface area (Å²) in [6.07, 6.45) is 0. The summed E-state index contributed by atoms with van der Waals surface area (Å²) < 4.78 is 2.52. The summed E-state index contributed by atoms with van der Waals surface area (Å²) in [4.78, 5) is 12.3. The number of benzene rings is 2. The van der Waals surface area contributed by atoms with Gasteiger partial charge in [0.25, 0.3) is 5.91 Å². The van der Waals surface area contributed by atoms with Crippen molar-refractivity contribution in [2.24, 2.45) is 0 Å². The van der Waals surface area contributed by atoms with E-state index in [-0.39, 0.29) is 17.4 Å². The zero-order chi connectivity index (χ0) is 17.8. The minimum Gasteiger partial charge on any atom is -0.382 e. The summed E-state index contributed by atoms with van der Waals surface area (Å²) in [7, 11) is 0. The number of nitrogens with zero attached hydrogens (tertiary/aromatic N) is 3. The molecule has 25 heavy (non-hydrogen) atoms. The van der Waals surface area contributed by atoms with Crippen LogP contribution in [0.1, 0.15) is 27.2 Å². The molecule has 1 heterocycles. The van der Waals surface area contributed by atoms with Gasteiger partial charge in [-0.15, -0.1) is 5.10 Å². The highest BCUT2D eigenvalue weighted by atomic mass is 79.9. The first kappa shape index (κ1) is 17.2. The molecule has 1 amide bonds. The normalized spacial score (nSPS) is 10.6. The molecule has 0 atom stereocenters. The number of nitrogens with one attached hydrogen (secondary N) is 1. The van der Waals surface area contributed by atoms with E-state index < -0.39 is 0 Å². The van der Waals surface area contributed by atoms with Gasteiger partial charge in [0, 0.05) is 11.0 Å². The number of anilines is 1. The fourth-order valence-corrected chi connectivity index (χ4v) is 2.60. The highest BCUT2D eigenvalue weighted by Gasteiger charge is 2.17. The monoisotopic (exact) mass is 399 g/mol. The van der Waals surface area contributed by atoms with Crippen molar-refractivity contribution in [3.63, 3.8) is 0 Å². The van der Waals surface area contributed by atoms with E-state index in [4.69, 9.17) is 5.73 Å². The topological polar surface area (TPSA) is 85.8 Å². The van der Waals surface area contributed by atoms with E-state index in [1.54, 1.807) is 0 Å². The summed E-state index contributed by atoms with van der Waals surface area (Å²) in [5.41, 5.74) is 9.39. The Bertz CT molecular complexity index is 871. The maximum Gasteiger partial charge on any atom is 0.275 e. The van der Waals surface area contributed by atoms with Gasteiger partial charge in [-0.25, -0.2) is 4.68 Å². The second-order valence-electron chi connectivity index (χ2n) is 5.78. The molecule has 3 rings (SSSR count). The standard InChI is InChI=1S/C18H18BrN5O/c1-12-2-4-13(5-3-12)10-21-18(25)16-17(20)24(23-22-16)11-14-6-8-15(19)9-7-14/h2-9H,10-11,20H2,1H3,(H,21,25). The van der Waals surface area contributed by atoms with Crippen molar-refractivity contribution >= 4 is 27.7 Å². The molecule has 0 saturated carbocycles. The molecule has 6 nitrogen and oxygen atoms in total. The Kier molecular flexibility index (Phi) is 5.14. The molecule has 0 unspecified atom stereocenters. The molecule has 0 aliphatic heterocycles. The number of carbonyl (C=O) groups excluding carboxylic acids is 1. The van der Waals surface area contributed by atoms with E-state index in [1.165, 1.54) is 10.2 Å². The highest BCUT2D eigenvalue weighted by Crippen LogP contribution is 2.14. The second-order valence-corrected chi connectivity index (χ2v) is 6.69. The zero-order valence-corrected chi connectivity index (χ0v) is 15.3. The minimum absolute atomic E-state index is 0.143. The van der Waals surface area contributed by atoms with Crippen molar-refractivity contribution in [1.29, 1.82) is 0 Å². The minimum atomic E-state index is -0.333. The van der Waals surface area contributed by atoms with Crippen molar-refractivity contribution in [1.82, 2.24) is 20.3 Å². The molecule has 3 aromatic rings. The maximum atomic E-state index is 12.3. The predicted molar refractivity (Wildman–Crippen MR) is 100 cm³/mol.